The molecule has 0 saturated carbocycles. The van der Waals surface area contributed by atoms with Crippen molar-refractivity contribution in [2.24, 2.45) is 5.92 Å². The van der Waals surface area contributed by atoms with Gasteiger partial charge in [-0.25, -0.2) is 4.79 Å². The number of nitrogens with one attached hydrogen (secondary N) is 2. The summed E-state index contributed by atoms with van der Waals surface area (Å²) in [6.45, 7) is 2.21. The van der Waals surface area contributed by atoms with Crippen molar-refractivity contribution >= 4 is 17.6 Å². The summed E-state index contributed by atoms with van der Waals surface area (Å²) in [6, 6.07) is 17.3. The van der Waals surface area contributed by atoms with Gasteiger partial charge in [0.1, 0.15) is 5.75 Å². The average molecular weight is 410 g/mol. The van der Waals surface area contributed by atoms with Gasteiger partial charge in [-0.2, -0.15) is 0 Å². The van der Waals surface area contributed by atoms with Gasteiger partial charge < -0.3 is 20.3 Å². The molecule has 160 valence electrons. The second-order valence-corrected chi connectivity index (χ2v) is 7.72. The summed E-state index contributed by atoms with van der Waals surface area (Å²) in [5.74, 6) is 1.44. The fourth-order valence-corrected chi connectivity index (χ4v) is 3.74. The number of ether oxygens (including phenoxy) is 1. The van der Waals surface area contributed by atoms with Crippen molar-refractivity contribution < 1.29 is 14.3 Å². The summed E-state index contributed by atoms with van der Waals surface area (Å²) in [4.78, 5) is 26.4. The minimum atomic E-state index is -0.0366. The Bertz CT molecular complexity index is 817. The molecule has 0 aliphatic carbocycles. The molecule has 3 amide bonds. The molecule has 0 spiro atoms. The van der Waals surface area contributed by atoms with Gasteiger partial charge in [0.05, 0.1) is 7.11 Å². The fourth-order valence-electron chi connectivity index (χ4n) is 3.74. The van der Waals surface area contributed by atoms with Crippen LogP contribution in [0.1, 0.15) is 31.2 Å². The van der Waals surface area contributed by atoms with Gasteiger partial charge in [0.15, 0.2) is 0 Å². The topological polar surface area (TPSA) is 70.7 Å². The third kappa shape index (κ3) is 6.79. The number of anilines is 1. The molecule has 6 heteroatoms. The quantitative estimate of drug-likeness (QED) is 0.690. The number of para-hydroxylation sites is 1. The lowest BCUT2D eigenvalue weighted by Gasteiger charge is -2.32. The van der Waals surface area contributed by atoms with Crippen molar-refractivity contribution in [3.8, 4) is 5.75 Å². The number of amides is 3. The molecule has 0 radical (unpaired) electrons. The van der Waals surface area contributed by atoms with Crippen LogP contribution in [0.15, 0.2) is 54.6 Å². The van der Waals surface area contributed by atoms with Crippen molar-refractivity contribution in [1.29, 1.82) is 0 Å². The Morgan fingerprint density at radius 3 is 2.57 bits per heavy atom. The first-order valence-electron chi connectivity index (χ1n) is 10.6. The molecule has 1 heterocycles. The van der Waals surface area contributed by atoms with Crippen molar-refractivity contribution in [2.45, 2.75) is 32.1 Å². The number of nitrogens with zero attached hydrogens (tertiary/aromatic N) is 1. The first kappa shape index (κ1) is 21.7. The molecule has 0 unspecified atom stereocenters. The SMILES string of the molecule is COc1cccc(CCC(=O)NCCC2CCN(C(=O)Nc3ccccc3)CC2)c1. The van der Waals surface area contributed by atoms with Crippen LogP contribution in [0.25, 0.3) is 0 Å². The van der Waals surface area contributed by atoms with Crippen LogP contribution in [0.5, 0.6) is 5.75 Å². The van der Waals surface area contributed by atoms with Crippen molar-refractivity contribution in [3.05, 3.63) is 60.2 Å². The second-order valence-electron chi connectivity index (χ2n) is 7.72. The van der Waals surface area contributed by atoms with Crippen molar-refractivity contribution in [2.75, 3.05) is 32.1 Å². The van der Waals surface area contributed by atoms with E-state index in [1.807, 2.05) is 59.5 Å². The zero-order valence-electron chi connectivity index (χ0n) is 17.6. The Labute approximate surface area is 178 Å². The maximum atomic E-state index is 12.4. The molecule has 1 aliphatic rings. The van der Waals surface area contributed by atoms with Gasteiger partial charge in [-0.3, -0.25) is 4.79 Å². The first-order valence-corrected chi connectivity index (χ1v) is 10.6. The number of urea groups is 1. The van der Waals surface area contributed by atoms with E-state index in [9.17, 15) is 9.59 Å². The molecule has 0 bridgehead atoms. The lowest BCUT2D eigenvalue weighted by molar-refractivity contribution is -0.121. The summed E-state index contributed by atoms with van der Waals surface area (Å²) in [5.41, 5.74) is 1.92. The molecule has 0 atom stereocenters. The number of aryl methyl sites for hydroxylation is 1. The molecule has 1 fully saturated rings. The smallest absolute Gasteiger partial charge is 0.321 e. The van der Waals surface area contributed by atoms with E-state index in [1.54, 1.807) is 7.11 Å². The summed E-state index contributed by atoms with van der Waals surface area (Å²) >= 11 is 0. The van der Waals surface area contributed by atoms with Gasteiger partial charge in [-0.15, -0.1) is 0 Å². The Hall–Kier alpha value is -3.02. The number of benzene rings is 2. The summed E-state index contributed by atoms with van der Waals surface area (Å²) in [6.07, 6.45) is 4.09. The largest absolute Gasteiger partial charge is 0.497 e. The highest BCUT2D eigenvalue weighted by Crippen LogP contribution is 2.21. The normalized spacial score (nSPS) is 14.2. The molecule has 1 saturated heterocycles. The standard InChI is InChI=1S/C24H31N3O3/c1-30-22-9-5-6-20(18-22)10-11-23(28)25-15-12-19-13-16-27(17-14-19)24(29)26-21-7-3-2-4-8-21/h2-9,18-19H,10-17H2,1H3,(H,25,28)(H,26,29). The molecule has 2 N–H and O–H groups in total. The van der Waals surface area contributed by atoms with E-state index in [-0.39, 0.29) is 11.9 Å². The van der Waals surface area contributed by atoms with Crippen LogP contribution in [0.3, 0.4) is 0 Å². The van der Waals surface area contributed by atoms with Crippen LogP contribution in [-0.2, 0) is 11.2 Å². The molecule has 2 aromatic carbocycles. The number of likely N-dealkylation sites (tertiary alicyclic amines) is 1. The number of piperidine rings is 1. The van der Waals surface area contributed by atoms with Gasteiger partial charge in [-0.05, 0) is 61.4 Å². The summed E-state index contributed by atoms with van der Waals surface area (Å²) in [5, 5.41) is 5.97. The van der Waals surface area contributed by atoms with Crippen LogP contribution >= 0.6 is 0 Å². The summed E-state index contributed by atoms with van der Waals surface area (Å²) < 4.78 is 5.22. The van der Waals surface area contributed by atoms with Gasteiger partial charge in [-0.1, -0.05) is 30.3 Å². The highest BCUT2D eigenvalue weighted by molar-refractivity contribution is 5.89. The Kier molecular flexibility index (Phi) is 8.12. The first-order chi connectivity index (χ1) is 14.6. The van der Waals surface area contributed by atoms with Crippen LogP contribution in [0.4, 0.5) is 10.5 Å². The Morgan fingerprint density at radius 2 is 1.83 bits per heavy atom. The van der Waals surface area contributed by atoms with Crippen LogP contribution < -0.4 is 15.4 Å². The molecule has 1 aliphatic heterocycles. The lowest BCUT2D eigenvalue weighted by Crippen LogP contribution is -2.41. The van der Waals surface area contributed by atoms with E-state index in [0.717, 1.165) is 49.4 Å². The third-order valence-corrected chi connectivity index (χ3v) is 5.58. The van der Waals surface area contributed by atoms with Crippen molar-refractivity contribution in [3.63, 3.8) is 0 Å². The number of carbonyl (C=O) groups excluding carboxylic acids is 2. The van der Waals surface area contributed by atoms with Gasteiger partial charge in [0.25, 0.3) is 0 Å². The van der Waals surface area contributed by atoms with Gasteiger partial charge in [0, 0.05) is 31.7 Å². The number of carbonyl (C=O) groups is 2. The zero-order valence-corrected chi connectivity index (χ0v) is 17.6. The van der Waals surface area contributed by atoms with E-state index >= 15 is 0 Å². The summed E-state index contributed by atoms with van der Waals surface area (Å²) in [7, 11) is 1.64. The van der Waals surface area contributed by atoms with Crippen LogP contribution in [-0.4, -0.2) is 43.6 Å². The molecular formula is C24H31N3O3. The zero-order chi connectivity index (χ0) is 21.2. The molecular weight excluding hydrogens is 378 g/mol. The van der Waals surface area contributed by atoms with Crippen LogP contribution in [0.2, 0.25) is 0 Å². The van der Waals surface area contributed by atoms with Gasteiger partial charge in [0.2, 0.25) is 5.91 Å². The van der Waals surface area contributed by atoms with Crippen LogP contribution in [0, 0.1) is 5.92 Å². The highest BCUT2D eigenvalue weighted by atomic mass is 16.5. The molecule has 0 aromatic heterocycles. The van der Waals surface area contributed by atoms with Crippen molar-refractivity contribution in [1.82, 2.24) is 10.2 Å². The maximum Gasteiger partial charge on any atom is 0.321 e. The van der Waals surface area contributed by atoms with E-state index in [1.165, 1.54) is 0 Å². The van der Waals surface area contributed by atoms with E-state index in [4.69, 9.17) is 4.74 Å². The molecule has 3 rings (SSSR count). The average Bonchev–Trinajstić information content (AvgIpc) is 2.79. The molecule has 6 nitrogen and oxygen atoms in total. The van der Waals surface area contributed by atoms with Gasteiger partial charge >= 0.3 is 6.03 Å². The monoisotopic (exact) mass is 409 g/mol. The fraction of sp³-hybridized carbons (Fsp3) is 0.417. The minimum absolute atomic E-state index is 0.0366. The number of rotatable bonds is 8. The highest BCUT2D eigenvalue weighted by Gasteiger charge is 2.22. The number of methoxy groups -OCH3 is 1. The Balaban J connectivity index is 1.30. The second kappa shape index (κ2) is 11.2. The third-order valence-electron chi connectivity index (χ3n) is 5.58. The Morgan fingerprint density at radius 1 is 1.07 bits per heavy atom. The predicted molar refractivity (Wildman–Crippen MR) is 119 cm³/mol. The molecule has 2 aromatic rings. The van der Waals surface area contributed by atoms with E-state index in [2.05, 4.69) is 10.6 Å². The number of hydrogen-bond acceptors (Lipinski definition) is 3. The minimum Gasteiger partial charge on any atom is -0.497 e. The molecule has 30 heavy (non-hydrogen) atoms. The van der Waals surface area contributed by atoms with E-state index in [0.29, 0.717) is 25.3 Å². The maximum absolute atomic E-state index is 12.4. The predicted octanol–water partition coefficient (Wildman–Crippen LogP) is 4.08. The number of hydrogen-bond donors (Lipinski definition) is 2. The van der Waals surface area contributed by atoms with E-state index < -0.39 is 0 Å². The lowest BCUT2D eigenvalue weighted by atomic mass is 9.93.